The van der Waals surface area contributed by atoms with E-state index < -0.39 is 0 Å². The number of thioether (sulfide) groups is 1. The summed E-state index contributed by atoms with van der Waals surface area (Å²) in [5, 5.41) is 9.58. The Hall–Kier alpha value is -3.06. The second-order valence-electron chi connectivity index (χ2n) is 5.83. The zero-order valence-electron chi connectivity index (χ0n) is 14.8. The highest BCUT2D eigenvalue weighted by atomic mass is 32.2. The maximum Gasteiger partial charge on any atom is 0.192 e. The first-order valence-electron chi connectivity index (χ1n) is 8.46. The minimum atomic E-state index is 0.548. The number of rotatable bonds is 7. The molecular weight excluding hydrogens is 360 g/mol. The first kappa shape index (κ1) is 17.4. The molecule has 0 amide bonds. The lowest BCUT2D eigenvalue weighted by atomic mass is 10.2. The average molecular weight is 378 g/mol. The molecule has 0 saturated carbocycles. The lowest BCUT2D eigenvalue weighted by Gasteiger charge is -2.09. The van der Waals surface area contributed by atoms with Crippen LogP contribution < -0.4 is 4.74 Å². The van der Waals surface area contributed by atoms with Crippen LogP contribution in [-0.2, 0) is 12.3 Å². The number of nitrogens with zero attached hydrogens (tertiary/aromatic N) is 4. The van der Waals surface area contributed by atoms with Gasteiger partial charge in [-0.2, -0.15) is 0 Å². The van der Waals surface area contributed by atoms with Gasteiger partial charge >= 0.3 is 0 Å². The molecule has 0 bridgehead atoms. The molecule has 7 heteroatoms. The maximum absolute atomic E-state index is 5.52. The SMILES string of the molecule is COc1cccc(CSc2nnc(-c3ccccn3)n2Cc2ccco2)c1. The van der Waals surface area contributed by atoms with Crippen LogP contribution in [0.25, 0.3) is 11.5 Å². The summed E-state index contributed by atoms with van der Waals surface area (Å²) in [6.45, 7) is 0.548. The molecule has 4 rings (SSSR count). The number of benzene rings is 1. The molecule has 0 aliphatic carbocycles. The summed E-state index contributed by atoms with van der Waals surface area (Å²) in [6.07, 6.45) is 3.42. The first-order valence-corrected chi connectivity index (χ1v) is 9.45. The van der Waals surface area contributed by atoms with E-state index in [4.69, 9.17) is 9.15 Å². The third-order valence-electron chi connectivity index (χ3n) is 4.01. The lowest BCUT2D eigenvalue weighted by molar-refractivity contribution is 0.414. The number of ether oxygens (including phenoxy) is 1. The highest BCUT2D eigenvalue weighted by Crippen LogP contribution is 2.27. The van der Waals surface area contributed by atoms with E-state index in [2.05, 4.69) is 21.2 Å². The molecule has 0 saturated heterocycles. The van der Waals surface area contributed by atoms with Crippen LogP contribution in [0.4, 0.5) is 0 Å². The summed E-state index contributed by atoms with van der Waals surface area (Å²) in [5.41, 5.74) is 1.94. The Kier molecular flexibility index (Phi) is 5.20. The highest BCUT2D eigenvalue weighted by molar-refractivity contribution is 7.98. The number of hydrogen-bond acceptors (Lipinski definition) is 6. The molecule has 0 aliphatic rings. The van der Waals surface area contributed by atoms with E-state index in [0.717, 1.165) is 39.5 Å². The van der Waals surface area contributed by atoms with Gasteiger partial charge in [-0.15, -0.1) is 10.2 Å². The second-order valence-corrected chi connectivity index (χ2v) is 6.77. The van der Waals surface area contributed by atoms with Crippen molar-refractivity contribution >= 4 is 11.8 Å². The van der Waals surface area contributed by atoms with Crippen LogP contribution in [0.5, 0.6) is 5.75 Å². The van der Waals surface area contributed by atoms with E-state index >= 15 is 0 Å². The highest BCUT2D eigenvalue weighted by Gasteiger charge is 2.16. The van der Waals surface area contributed by atoms with Crippen molar-refractivity contribution in [2.75, 3.05) is 7.11 Å². The quantitative estimate of drug-likeness (QED) is 0.447. The van der Waals surface area contributed by atoms with Gasteiger partial charge < -0.3 is 9.15 Å². The molecule has 0 atom stereocenters. The van der Waals surface area contributed by atoms with Gasteiger partial charge in [-0.1, -0.05) is 30.0 Å². The summed E-state index contributed by atoms with van der Waals surface area (Å²) in [5.74, 6) is 3.17. The van der Waals surface area contributed by atoms with Crippen LogP contribution in [0.1, 0.15) is 11.3 Å². The van der Waals surface area contributed by atoms with E-state index in [1.54, 1.807) is 31.3 Å². The second kappa shape index (κ2) is 8.09. The summed E-state index contributed by atoms with van der Waals surface area (Å²) in [7, 11) is 1.67. The van der Waals surface area contributed by atoms with Crippen LogP contribution in [0.3, 0.4) is 0 Å². The monoisotopic (exact) mass is 378 g/mol. The van der Waals surface area contributed by atoms with Crippen molar-refractivity contribution in [2.24, 2.45) is 0 Å². The maximum atomic E-state index is 5.52. The number of methoxy groups -OCH3 is 1. The Morgan fingerprint density at radius 2 is 2.04 bits per heavy atom. The van der Waals surface area contributed by atoms with E-state index in [0.29, 0.717) is 6.54 Å². The molecule has 3 heterocycles. The van der Waals surface area contributed by atoms with Crippen molar-refractivity contribution in [2.45, 2.75) is 17.5 Å². The van der Waals surface area contributed by atoms with Crippen LogP contribution in [0.2, 0.25) is 0 Å². The molecule has 0 unspecified atom stereocenters. The van der Waals surface area contributed by atoms with Crippen LogP contribution >= 0.6 is 11.8 Å². The first-order chi connectivity index (χ1) is 13.3. The third-order valence-corrected chi connectivity index (χ3v) is 5.04. The van der Waals surface area contributed by atoms with Crippen molar-refractivity contribution in [3.8, 4) is 17.3 Å². The summed E-state index contributed by atoms with van der Waals surface area (Å²) in [6, 6.07) is 17.6. The van der Waals surface area contributed by atoms with Gasteiger partial charge in [-0.3, -0.25) is 9.55 Å². The van der Waals surface area contributed by atoms with Crippen LogP contribution in [-0.4, -0.2) is 26.9 Å². The number of furan rings is 1. The number of pyridine rings is 1. The molecule has 0 fully saturated rings. The minimum absolute atomic E-state index is 0.548. The zero-order chi connectivity index (χ0) is 18.5. The molecule has 0 radical (unpaired) electrons. The van der Waals surface area contributed by atoms with Gasteiger partial charge in [0.25, 0.3) is 0 Å². The normalized spacial score (nSPS) is 10.9. The van der Waals surface area contributed by atoms with E-state index in [1.165, 1.54) is 0 Å². The molecule has 1 aromatic carbocycles. The molecule has 136 valence electrons. The summed E-state index contributed by atoms with van der Waals surface area (Å²) < 4.78 is 12.9. The largest absolute Gasteiger partial charge is 0.497 e. The van der Waals surface area contributed by atoms with E-state index in [9.17, 15) is 0 Å². The Morgan fingerprint density at radius 3 is 2.81 bits per heavy atom. The van der Waals surface area contributed by atoms with Crippen LogP contribution in [0.15, 0.2) is 76.6 Å². The predicted octanol–water partition coefficient (Wildman–Crippen LogP) is 4.28. The van der Waals surface area contributed by atoms with E-state index in [1.807, 2.05) is 53.1 Å². The van der Waals surface area contributed by atoms with Crippen molar-refractivity contribution in [1.29, 1.82) is 0 Å². The molecule has 6 nitrogen and oxygen atoms in total. The van der Waals surface area contributed by atoms with E-state index in [-0.39, 0.29) is 0 Å². The lowest BCUT2D eigenvalue weighted by Crippen LogP contribution is -2.04. The minimum Gasteiger partial charge on any atom is -0.497 e. The Bertz CT molecular complexity index is 1000. The van der Waals surface area contributed by atoms with Gasteiger partial charge in [0.1, 0.15) is 17.2 Å². The zero-order valence-corrected chi connectivity index (χ0v) is 15.6. The summed E-state index contributed by atoms with van der Waals surface area (Å²) >= 11 is 1.62. The molecule has 3 aromatic heterocycles. The van der Waals surface area contributed by atoms with Crippen molar-refractivity contribution in [1.82, 2.24) is 19.7 Å². The smallest absolute Gasteiger partial charge is 0.192 e. The van der Waals surface area contributed by atoms with Gasteiger partial charge in [0.05, 0.1) is 19.9 Å². The standard InChI is InChI=1S/C20H18N4O2S/c1-25-16-7-4-6-15(12-16)14-27-20-23-22-19(18-9-2-3-10-21-18)24(20)13-17-8-5-11-26-17/h2-12H,13-14H2,1H3. The fourth-order valence-corrected chi connectivity index (χ4v) is 3.57. The van der Waals surface area contributed by atoms with Crippen molar-refractivity contribution in [3.05, 3.63) is 78.4 Å². The van der Waals surface area contributed by atoms with Crippen LogP contribution in [0, 0.1) is 0 Å². The Labute approximate surface area is 161 Å². The fraction of sp³-hybridized carbons (Fsp3) is 0.150. The predicted molar refractivity (Wildman–Crippen MR) is 104 cm³/mol. The van der Waals surface area contributed by atoms with Gasteiger partial charge in [-0.05, 0) is 42.0 Å². The molecule has 0 N–H and O–H groups in total. The molecule has 27 heavy (non-hydrogen) atoms. The number of hydrogen-bond donors (Lipinski definition) is 0. The Morgan fingerprint density at radius 1 is 1.07 bits per heavy atom. The van der Waals surface area contributed by atoms with Gasteiger partial charge in [0.2, 0.25) is 0 Å². The number of aromatic nitrogens is 4. The Balaban J connectivity index is 1.62. The molecule has 0 aliphatic heterocycles. The third kappa shape index (κ3) is 4.03. The topological polar surface area (TPSA) is 66.0 Å². The fourth-order valence-electron chi connectivity index (χ4n) is 2.69. The molecule has 4 aromatic rings. The average Bonchev–Trinajstić information content (AvgIpc) is 3.38. The molecular formula is C20H18N4O2S. The van der Waals surface area contributed by atoms with Gasteiger partial charge in [0.15, 0.2) is 11.0 Å². The summed E-state index contributed by atoms with van der Waals surface area (Å²) in [4.78, 5) is 4.41. The van der Waals surface area contributed by atoms with Gasteiger partial charge in [-0.25, -0.2) is 0 Å². The van der Waals surface area contributed by atoms with Gasteiger partial charge in [0, 0.05) is 11.9 Å². The van der Waals surface area contributed by atoms with Crippen molar-refractivity contribution in [3.63, 3.8) is 0 Å². The van der Waals surface area contributed by atoms with Crippen molar-refractivity contribution < 1.29 is 9.15 Å². The molecule has 0 spiro atoms.